The topological polar surface area (TPSA) is 82.0 Å². The second kappa shape index (κ2) is 6.34. The van der Waals surface area contributed by atoms with Crippen molar-refractivity contribution in [3.05, 3.63) is 84.3 Å². The van der Waals surface area contributed by atoms with E-state index in [0.717, 1.165) is 16.5 Å². The highest BCUT2D eigenvalue weighted by Crippen LogP contribution is 2.34. The quantitative estimate of drug-likeness (QED) is 0.473. The summed E-state index contributed by atoms with van der Waals surface area (Å²) in [4.78, 5) is 4.29. The first-order chi connectivity index (χ1) is 14.0. The molecule has 142 valence electrons. The van der Waals surface area contributed by atoms with Gasteiger partial charge >= 0.3 is 0 Å². The van der Waals surface area contributed by atoms with E-state index in [1.807, 2.05) is 36.4 Å². The number of anilines is 1. The summed E-state index contributed by atoms with van der Waals surface area (Å²) in [5, 5.41) is 13.7. The summed E-state index contributed by atoms with van der Waals surface area (Å²) in [5.74, 6) is 0.112. The molecule has 0 amide bonds. The minimum absolute atomic E-state index is 0.112. The van der Waals surface area contributed by atoms with E-state index in [1.54, 1.807) is 36.5 Å². The van der Waals surface area contributed by atoms with E-state index in [9.17, 15) is 0 Å². The number of rotatable bonds is 3. The third-order valence-electron chi connectivity index (χ3n) is 5.01. The molecule has 0 radical (unpaired) electrons. The largest absolute Gasteiger partial charge is 0.399 e. The minimum Gasteiger partial charge on any atom is -0.399 e. The molecule has 0 spiro atoms. The zero-order valence-corrected chi connectivity index (χ0v) is 15.6. The predicted octanol–water partition coefficient (Wildman–Crippen LogP) is 4.15. The van der Waals surface area contributed by atoms with Crippen LogP contribution < -0.4 is 5.73 Å². The number of alkyl halides is 1. The number of halogens is 1. The van der Waals surface area contributed by atoms with E-state index < -0.39 is 5.67 Å². The Bertz CT molecular complexity index is 1360. The Labute approximate surface area is 165 Å². The van der Waals surface area contributed by atoms with Gasteiger partial charge in [0.1, 0.15) is 0 Å². The minimum atomic E-state index is -1.90. The van der Waals surface area contributed by atoms with Gasteiger partial charge in [-0.05, 0) is 55.0 Å². The number of nitrogens with zero attached hydrogens (tertiary/aromatic N) is 5. The van der Waals surface area contributed by atoms with Gasteiger partial charge in [-0.2, -0.15) is 9.61 Å². The summed E-state index contributed by atoms with van der Waals surface area (Å²) in [7, 11) is 0. The van der Waals surface area contributed by atoms with Crippen molar-refractivity contribution in [3.63, 3.8) is 0 Å². The van der Waals surface area contributed by atoms with Gasteiger partial charge in [-0.3, -0.25) is 4.98 Å². The number of hydrogen-bond acceptors (Lipinski definition) is 5. The zero-order chi connectivity index (χ0) is 20.0. The molecule has 0 aliphatic heterocycles. The summed E-state index contributed by atoms with van der Waals surface area (Å²) < 4.78 is 17.5. The molecule has 2 aromatic carbocycles. The predicted molar refractivity (Wildman–Crippen MR) is 110 cm³/mol. The standard InChI is InChI=1S/C22H17FN6/c1-22(23,16-7-8-18-14(12-16)5-3-11-25-18)21-27-26-20-10-9-19(28-29(20)21)15-4-2-6-17(24)13-15/h2-13H,24H2,1H3. The van der Waals surface area contributed by atoms with Gasteiger partial charge in [-0.25, -0.2) is 4.39 Å². The van der Waals surface area contributed by atoms with Crippen molar-refractivity contribution in [2.75, 3.05) is 5.73 Å². The molecule has 5 rings (SSSR count). The molecule has 7 heteroatoms. The van der Waals surface area contributed by atoms with Gasteiger partial charge in [0.25, 0.3) is 0 Å². The Morgan fingerprint density at radius 1 is 0.966 bits per heavy atom. The first-order valence-corrected chi connectivity index (χ1v) is 9.15. The van der Waals surface area contributed by atoms with Gasteiger partial charge in [0.05, 0.1) is 11.2 Å². The van der Waals surface area contributed by atoms with Gasteiger partial charge < -0.3 is 5.73 Å². The molecule has 0 bridgehead atoms. The number of aromatic nitrogens is 5. The van der Waals surface area contributed by atoms with Crippen LogP contribution in [0.5, 0.6) is 0 Å². The van der Waals surface area contributed by atoms with Crippen molar-refractivity contribution in [2.45, 2.75) is 12.6 Å². The number of fused-ring (bicyclic) bond motifs is 2. The van der Waals surface area contributed by atoms with Crippen LogP contribution in [-0.4, -0.2) is 24.8 Å². The zero-order valence-electron chi connectivity index (χ0n) is 15.6. The van der Waals surface area contributed by atoms with Gasteiger partial charge in [0.2, 0.25) is 0 Å². The average Bonchev–Trinajstić information content (AvgIpc) is 3.17. The molecular weight excluding hydrogens is 367 g/mol. The van der Waals surface area contributed by atoms with Crippen molar-refractivity contribution < 1.29 is 4.39 Å². The third-order valence-corrected chi connectivity index (χ3v) is 5.01. The van der Waals surface area contributed by atoms with Crippen molar-refractivity contribution in [2.24, 2.45) is 0 Å². The van der Waals surface area contributed by atoms with Crippen molar-refractivity contribution in [1.29, 1.82) is 0 Å². The van der Waals surface area contributed by atoms with E-state index in [0.29, 0.717) is 22.6 Å². The first kappa shape index (κ1) is 17.2. The van der Waals surface area contributed by atoms with Gasteiger partial charge in [0, 0.05) is 22.8 Å². The highest BCUT2D eigenvalue weighted by Gasteiger charge is 2.35. The maximum Gasteiger partial charge on any atom is 0.196 e. The molecular formula is C22H17FN6. The molecule has 0 saturated carbocycles. The highest BCUT2D eigenvalue weighted by molar-refractivity contribution is 5.79. The molecule has 1 unspecified atom stereocenters. The fourth-order valence-corrected chi connectivity index (χ4v) is 3.43. The lowest BCUT2D eigenvalue weighted by molar-refractivity contribution is 0.232. The SMILES string of the molecule is CC(F)(c1ccc2ncccc2c1)c1nnc2ccc(-c3cccc(N)c3)nn12. The number of pyridine rings is 1. The molecule has 5 aromatic rings. The molecule has 0 aliphatic rings. The summed E-state index contributed by atoms with van der Waals surface area (Å²) in [5.41, 5.74) is 7.85. The Balaban J connectivity index is 1.65. The number of hydrogen-bond donors (Lipinski definition) is 1. The van der Waals surface area contributed by atoms with E-state index >= 15 is 4.39 Å². The number of benzene rings is 2. The van der Waals surface area contributed by atoms with Crippen LogP contribution in [0.4, 0.5) is 10.1 Å². The monoisotopic (exact) mass is 384 g/mol. The first-order valence-electron chi connectivity index (χ1n) is 9.15. The molecule has 0 aliphatic carbocycles. The van der Waals surface area contributed by atoms with Gasteiger partial charge in [0.15, 0.2) is 17.1 Å². The van der Waals surface area contributed by atoms with Gasteiger partial charge in [-0.15, -0.1) is 10.2 Å². The molecule has 0 saturated heterocycles. The van der Waals surface area contributed by atoms with Crippen LogP contribution in [0.2, 0.25) is 0 Å². The van der Waals surface area contributed by atoms with Crippen molar-refractivity contribution in [3.8, 4) is 11.3 Å². The fraction of sp³-hybridized carbons (Fsp3) is 0.0909. The summed E-state index contributed by atoms with van der Waals surface area (Å²) in [6.45, 7) is 1.47. The summed E-state index contributed by atoms with van der Waals surface area (Å²) in [6, 6.07) is 20.0. The van der Waals surface area contributed by atoms with Crippen LogP contribution in [0.3, 0.4) is 0 Å². The maximum absolute atomic E-state index is 16.0. The van der Waals surface area contributed by atoms with Crippen molar-refractivity contribution >= 4 is 22.2 Å². The lowest BCUT2D eigenvalue weighted by Crippen LogP contribution is -2.22. The third kappa shape index (κ3) is 2.87. The lowest BCUT2D eigenvalue weighted by Gasteiger charge is -2.19. The lowest BCUT2D eigenvalue weighted by atomic mass is 9.95. The van der Waals surface area contributed by atoms with Crippen LogP contribution >= 0.6 is 0 Å². The van der Waals surface area contributed by atoms with E-state index in [-0.39, 0.29) is 5.82 Å². The van der Waals surface area contributed by atoms with Crippen LogP contribution in [0.25, 0.3) is 27.8 Å². The molecule has 29 heavy (non-hydrogen) atoms. The average molecular weight is 384 g/mol. The molecule has 3 aromatic heterocycles. The Kier molecular flexibility index (Phi) is 3.77. The van der Waals surface area contributed by atoms with Gasteiger partial charge in [-0.1, -0.05) is 24.3 Å². The van der Waals surface area contributed by atoms with E-state index in [1.165, 1.54) is 11.4 Å². The second-order valence-electron chi connectivity index (χ2n) is 7.05. The number of nitrogen functional groups attached to an aromatic ring is 1. The van der Waals surface area contributed by atoms with Crippen LogP contribution in [0, 0.1) is 0 Å². The Morgan fingerprint density at radius 3 is 2.72 bits per heavy atom. The number of nitrogens with two attached hydrogens (primary N) is 1. The van der Waals surface area contributed by atoms with Crippen LogP contribution in [0.1, 0.15) is 18.3 Å². The molecule has 2 N–H and O–H groups in total. The highest BCUT2D eigenvalue weighted by atomic mass is 19.1. The Hall–Kier alpha value is -3.87. The Morgan fingerprint density at radius 2 is 1.86 bits per heavy atom. The van der Waals surface area contributed by atoms with E-state index in [2.05, 4.69) is 20.3 Å². The smallest absolute Gasteiger partial charge is 0.196 e. The summed E-state index contributed by atoms with van der Waals surface area (Å²) >= 11 is 0. The molecule has 0 fully saturated rings. The van der Waals surface area contributed by atoms with Crippen LogP contribution in [-0.2, 0) is 5.67 Å². The van der Waals surface area contributed by atoms with E-state index in [4.69, 9.17) is 5.73 Å². The normalized spacial score (nSPS) is 13.6. The fourth-order valence-electron chi connectivity index (χ4n) is 3.43. The summed E-state index contributed by atoms with van der Waals surface area (Å²) in [6.07, 6.45) is 1.71. The second-order valence-corrected chi connectivity index (χ2v) is 7.05. The molecule has 6 nitrogen and oxygen atoms in total. The van der Waals surface area contributed by atoms with Crippen molar-refractivity contribution in [1.82, 2.24) is 24.8 Å². The molecule has 3 heterocycles. The molecule has 1 atom stereocenters. The maximum atomic E-state index is 16.0. The van der Waals surface area contributed by atoms with Crippen LogP contribution in [0.15, 0.2) is 72.9 Å².